The van der Waals surface area contributed by atoms with Gasteiger partial charge in [-0.15, -0.1) is 0 Å². The summed E-state index contributed by atoms with van der Waals surface area (Å²) in [6.45, 7) is 1.78. The molecule has 4 nitrogen and oxygen atoms in total. The minimum Gasteiger partial charge on any atom is -0.481 e. The molecule has 0 atom stereocenters. The first-order valence-corrected chi connectivity index (χ1v) is 8.52. The number of rotatable bonds is 4. The van der Waals surface area contributed by atoms with E-state index in [9.17, 15) is 9.90 Å². The quantitative estimate of drug-likeness (QED) is 0.640. The predicted octanol–water partition coefficient (Wildman–Crippen LogP) is 5.44. The molecule has 0 saturated carbocycles. The third-order valence-electron chi connectivity index (χ3n) is 3.77. The molecule has 0 aliphatic carbocycles. The Morgan fingerprint density at radius 2 is 1.72 bits per heavy atom. The molecule has 0 spiro atoms. The van der Waals surface area contributed by atoms with E-state index in [0.29, 0.717) is 37.7 Å². The zero-order valence-corrected chi connectivity index (χ0v) is 15.4. The lowest BCUT2D eigenvalue weighted by Crippen LogP contribution is -2.04. The van der Waals surface area contributed by atoms with Crippen LogP contribution in [0, 0.1) is 6.92 Å². The number of aliphatic carboxylic acids is 1. The van der Waals surface area contributed by atoms with Gasteiger partial charge in [0.25, 0.3) is 0 Å². The summed E-state index contributed by atoms with van der Waals surface area (Å²) in [5.74, 6) is -0.930. The highest BCUT2D eigenvalue weighted by atomic mass is 35.5. The van der Waals surface area contributed by atoms with Gasteiger partial charge in [-0.2, -0.15) is 5.10 Å². The Kier molecular flexibility index (Phi) is 5.04. The number of hydrogen-bond acceptors (Lipinski definition) is 2. The van der Waals surface area contributed by atoms with Crippen LogP contribution in [0.25, 0.3) is 16.9 Å². The fourth-order valence-corrected chi connectivity index (χ4v) is 3.27. The lowest BCUT2D eigenvalue weighted by atomic mass is 10.0. The van der Waals surface area contributed by atoms with Gasteiger partial charge in [0, 0.05) is 21.2 Å². The first kappa shape index (κ1) is 17.8. The summed E-state index contributed by atoms with van der Waals surface area (Å²) >= 11 is 18.3. The Bertz CT molecular complexity index is 950. The van der Waals surface area contributed by atoms with Crippen LogP contribution in [0.15, 0.2) is 42.5 Å². The highest BCUT2D eigenvalue weighted by Gasteiger charge is 2.21. The SMILES string of the molecule is Cc1nn(-c2ccc(Cl)cc2Cl)c(-c2ccc(Cl)cc2)c1CC(=O)O. The highest BCUT2D eigenvalue weighted by Crippen LogP contribution is 2.33. The van der Waals surface area contributed by atoms with Crippen molar-refractivity contribution in [3.63, 3.8) is 0 Å². The molecule has 25 heavy (non-hydrogen) atoms. The Morgan fingerprint density at radius 1 is 1.08 bits per heavy atom. The molecule has 128 valence electrons. The van der Waals surface area contributed by atoms with Crippen molar-refractivity contribution in [2.75, 3.05) is 0 Å². The van der Waals surface area contributed by atoms with Crippen LogP contribution in [0.1, 0.15) is 11.3 Å². The van der Waals surface area contributed by atoms with Crippen molar-refractivity contribution in [1.29, 1.82) is 0 Å². The van der Waals surface area contributed by atoms with Crippen molar-refractivity contribution in [3.05, 3.63) is 68.8 Å². The maximum atomic E-state index is 11.3. The highest BCUT2D eigenvalue weighted by molar-refractivity contribution is 6.35. The van der Waals surface area contributed by atoms with Gasteiger partial charge in [-0.05, 0) is 37.3 Å². The van der Waals surface area contributed by atoms with Gasteiger partial charge in [0.05, 0.1) is 28.5 Å². The molecule has 0 unspecified atom stereocenters. The average molecular weight is 396 g/mol. The third kappa shape index (κ3) is 3.66. The van der Waals surface area contributed by atoms with Crippen molar-refractivity contribution in [2.24, 2.45) is 0 Å². The molecule has 2 aromatic carbocycles. The van der Waals surface area contributed by atoms with Gasteiger partial charge < -0.3 is 5.11 Å². The van der Waals surface area contributed by atoms with Crippen LogP contribution in [-0.4, -0.2) is 20.9 Å². The molecule has 0 bridgehead atoms. The zero-order valence-electron chi connectivity index (χ0n) is 13.1. The number of carboxylic acid groups (broad SMARTS) is 1. The summed E-state index contributed by atoms with van der Waals surface area (Å²) in [7, 11) is 0. The topological polar surface area (TPSA) is 55.1 Å². The smallest absolute Gasteiger partial charge is 0.307 e. The molecule has 1 N–H and O–H groups in total. The monoisotopic (exact) mass is 394 g/mol. The van der Waals surface area contributed by atoms with Crippen molar-refractivity contribution in [2.45, 2.75) is 13.3 Å². The van der Waals surface area contributed by atoms with Crippen LogP contribution in [-0.2, 0) is 11.2 Å². The molecule has 1 heterocycles. The first-order valence-electron chi connectivity index (χ1n) is 7.38. The lowest BCUT2D eigenvalue weighted by Gasteiger charge is -2.11. The van der Waals surface area contributed by atoms with E-state index in [0.717, 1.165) is 5.56 Å². The molecule has 3 rings (SSSR count). The fraction of sp³-hybridized carbons (Fsp3) is 0.111. The van der Waals surface area contributed by atoms with Crippen LogP contribution in [0.3, 0.4) is 0 Å². The summed E-state index contributed by atoms with van der Waals surface area (Å²) in [5, 5.41) is 15.3. The summed E-state index contributed by atoms with van der Waals surface area (Å²) in [6.07, 6.45) is -0.144. The molecule has 0 radical (unpaired) electrons. The van der Waals surface area contributed by atoms with E-state index >= 15 is 0 Å². The molecule has 7 heteroatoms. The van der Waals surface area contributed by atoms with Crippen molar-refractivity contribution in [1.82, 2.24) is 9.78 Å². The molecule has 0 fully saturated rings. The number of aryl methyl sites for hydroxylation is 1. The van der Waals surface area contributed by atoms with Gasteiger partial charge >= 0.3 is 5.97 Å². The van der Waals surface area contributed by atoms with E-state index in [1.165, 1.54) is 0 Å². The number of halogens is 3. The average Bonchev–Trinajstić information content (AvgIpc) is 2.84. The molecule has 0 amide bonds. The van der Waals surface area contributed by atoms with Crippen molar-refractivity contribution in [3.8, 4) is 16.9 Å². The molecule has 0 saturated heterocycles. The van der Waals surface area contributed by atoms with Gasteiger partial charge in [-0.3, -0.25) is 4.79 Å². The Labute approximate surface area is 159 Å². The number of hydrogen-bond donors (Lipinski definition) is 1. The molecule has 1 aromatic heterocycles. The molecule has 3 aromatic rings. The largest absolute Gasteiger partial charge is 0.481 e. The third-order valence-corrected chi connectivity index (χ3v) is 4.56. The number of carbonyl (C=O) groups is 1. The molecular formula is C18H13Cl3N2O2. The summed E-state index contributed by atoms with van der Waals surface area (Å²) in [4.78, 5) is 11.3. The second kappa shape index (κ2) is 7.08. The predicted molar refractivity (Wildman–Crippen MR) is 100 cm³/mol. The van der Waals surface area contributed by atoms with Gasteiger partial charge in [0.15, 0.2) is 0 Å². The number of benzene rings is 2. The van der Waals surface area contributed by atoms with Gasteiger partial charge in [-0.25, -0.2) is 4.68 Å². The maximum absolute atomic E-state index is 11.3. The van der Waals surface area contributed by atoms with Crippen molar-refractivity contribution >= 4 is 40.8 Å². The van der Waals surface area contributed by atoms with Crippen LogP contribution < -0.4 is 0 Å². The van der Waals surface area contributed by atoms with Crippen LogP contribution >= 0.6 is 34.8 Å². The number of aromatic nitrogens is 2. The van der Waals surface area contributed by atoms with Crippen LogP contribution in [0.2, 0.25) is 15.1 Å². The summed E-state index contributed by atoms with van der Waals surface area (Å²) in [5.41, 5.74) is 3.34. The summed E-state index contributed by atoms with van der Waals surface area (Å²) in [6, 6.07) is 12.2. The molecule has 0 aliphatic rings. The van der Waals surface area contributed by atoms with Gasteiger partial charge in [0.2, 0.25) is 0 Å². The Morgan fingerprint density at radius 3 is 2.32 bits per heavy atom. The standard InChI is InChI=1S/C18H13Cl3N2O2/c1-10-14(9-17(24)25)18(11-2-4-12(19)5-3-11)23(22-10)16-7-6-13(20)8-15(16)21/h2-8H,9H2,1H3,(H,24,25). The first-order chi connectivity index (χ1) is 11.9. The Hall–Kier alpha value is -2.01. The normalized spacial score (nSPS) is 10.9. The van der Waals surface area contributed by atoms with Gasteiger partial charge in [-0.1, -0.05) is 46.9 Å². The minimum absolute atomic E-state index is 0.144. The van der Waals surface area contributed by atoms with Crippen LogP contribution in [0.4, 0.5) is 0 Å². The fourth-order valence-electron chi connectivity index (χ4n) is 2.65. The summed E-state index contributed by atoms with van der Waals surface area (Å²) < 4.78 is 1.65. The van der Waals surface area contributed by atoms with E-state index in [2.05, 4.69) is 5.10 Å². The Balaban J connectivity index is 2.28. The van der Waals surface area contributed by atoms with Gasteiger partial charge in [0.1, 0.15) is 0 Å². The van der Waals surface area contributed by atoms with E-state index in [1.807, 2.05) is 12.1 Å². The zero-order chi connectivity index (χ0) is 18.1. The van der Waals surface area contributed by atoms with Crippen molar-refractivity contribution < 1.29 is 9.90 Å². The van der Waals surface area contributed by atoms with E-state index < -0.39 is 5.97 Å². The molecule has 0 aliphatic heterocycles. The van der Waals surface area contributed by atoms with E-state index in [1.54, 1.807) is 41.9 Å². The lowest BCUT2D eigenvalue weighted by molar-refractivity contribution is -0.136. The van der Waals surface area contributed by atoms with E-state index in [-0.39, 0.29) is 6.42 Å². The number of nitrogens with zero attached hydrogens (tertiary/aromatic N) is 2. The second-order valence-corrected chi connectivity index (χ2v) is 6.78. The van der Waals surface area contributed by atoms with E-state index in [4.69, 9.17) is 34.8 Å². The van der Waals surface area contributed by atoms with Crippen LogP contribution in [0.5, 0.6) is 0 Å². The molecular weight excluding hydrogens is 383 g/mol. The minimum atomic E-state index is -0.930. The maximum Gasteiger partial charge on any atom is 0.307 e. The number of carboxylic acids is 1. The second-order valence-electron chi connectivity index (χ2n) is 5.50.